The van der Waals surface area contributed by atoms with Crippen molar-refractivity contribution in [2.24, 2.45) is 5.10 Å². The number of nitrogens with one attached hydrogen (secondary N) is 1. The van der Waals surface area contributed by atoms with Gasteiger partial charge in [-0.15, -0.1) is 11.3 Å². The van der Waals surface area contributed by atoms with Gasteiger partial charge in [0.25, 0.3) is 0 Å². The topological polar surface area (TPSA) is 91.6 Å². The van der Waals surface area contributed by atoms with Crippen molar-refractivity contribution in [1.29, 1.82) is 0 Å². The maximum atomic E-state index is 11.8. The summed E-state index contributed by atoms with van der Waals surface area (Å²) in [6, 6.07) is 7.27. The normalized spacial score (nSPS) is 15.4. The molecule has 0 saturated carbocycles. The molecule has 0 bridgehead atoms. The standard InChI is InChI=1S/C13H9N3O3S/c17-11-5-9(7-3-1-2-4-8(7)11)15-16-13-14-10(6-20-13)12(18)19/h1-4,6H,5H2,(H,14,16)(H,18,19)/b15-9-. The van der Waals surface area contributed by atoms with Crippen molar-refractivity contribution in [3.63, 3.8) is 0 Å². The fourth-order valence-corrected chi connectivity index (χ4v) is 2.59. The summed E-state index contributed by atoms with van der Waals surface area (Å²) in [5.41, 5.74) is 4.78. The molecule has 2 N–H and O–H groups in total. The average Bonchev–Trinajstić information content (AvgIpc) is 3.03. The molecule has 1 aromatic heterocycles. The fourth-order valence-electron chi connectivity index (χ4n) is 1.96. The van der Waals surface area contributed by atoms with Gasteiger partial charge in [-0.25, -0.2) is 9.78 Å². The Morgan fingerprint density at radius 3 is 2.80 bits per heavy atom. The third kappa shape index (κ3) is 2.19. The molecule has 0 amide bonds. The monoisotopic (exact) mass is 287 g/mol. The molecular formula is C13H9N3O3S. The lowest BCUT2D eigenvalue weighted by Crippen LogP contribution is -2.01. The molecule has 0 radical (unpaired) electrons. The number of carbonyl (C=O) groups is 2. The Labute approximate surface area is 117 Å². The predicted molar refractivity (Wildman–Crippen MR) is 74.6 cm³/mol. The summed E-state index contributed by atoms with van der Waals surface area (Å²) in [6.07, 6.45) is 0.240. The summed E-state index contributed by atoms with van der Waals surface area (Å²) in [4.78, 5) is 26.4. The van der Waals surface area contributed by atoms with Gasteiger partial charge in [-0.1, -0.05) is 24.3 Å². The number of rotatable bonds is 3. The van der Waals surface area contributed by atoms with E-state index >= 15 is 0 Å². The summed E-state index contributed by atoms with van der Waals surface area (Å²) in [5, 5.41) is 14.7. The van der Waals surface area contributed by atoms with Gasteiger partial charge >= 0.3 is 5.97 Å². The number of hydrogen-bond acceptors (Lipinski definition) is 6. The van der Waals surface area contributed by atoms with E-state index in [9.17, 15) is 9.59 Å². The molecule has 0 saturated heterocycles. The van der Waals surface area contributed by atoms with E-state index in [0.29, 0.717) is 16.4 Å². The van der Waals surface area contributed by atoms with Gasteiger partial charge in [0.2, 0.25) is 5.13 Å². The number of carboxylic acids is 1. The molecule has 3 rings (SSSR count). The van der Waals surface area contributed by atoms with Gasteiger partial charge in [0.15, 0.2) is 11.5 Å². The highest BCUT2D eigenvalue weighted by Gasteiger charge is 2.25. The molecular weight excluding hydrogens is 278 g/mol. The minimum Gasteiger partial charge on any atom is -0.476 e. The van der Waals surface area contributed by atoms with Crippen LogP contribution >= 0.6 is 11.3 Å². The quantitative estimate of drug-likeness (QED) is 0.845. The van der Waals surface area contributed by atoms with E-state index < -0.39 is 5.97 Å². The van der Waals surface area contributed by atoms with Crippen LogP contribution in [-0.2, 0) is 0 Å². The number of ketones is 1. The van der Waals surface area contributed by atoms with Gasteiger partial charge in [-0.05, 0) is 0 Å². The second kappa shape index (κ2) is 4.86. The van der Waals surface area contributed by atoms with E-state index in [0.717, 1.165) is 16.9 Å². The van der Waals surface area contributed by atoms with E-state index in [1.54, 1.807) is 6.07 Å². The smallest absolute Gasteiger partial charge is 0.355 e. The summed E-state index contributed by atoms with van der Waals surface area (Å²) in [5.74, 6) is -1.05. The number of nitrogens with zero attached hydrogens (tertiary/aromatic N) is 2. The lowest BCUT2D eigenvalue weighted by atomic mass is 10.1. The molecule has 0 atom stereocenters. The van der Waals surface area contributed by atoms with E-state index in [1.165, 1.54) is 5.38 Å². The molecule has 0 unspecified atom stereocenters. The molecule has 6 nitrogen and oxygen atoms in total. The highest BCUT2D eigenvalue weighted by Crippen LogP contribution is 2.23. The Morgan fingerprint density at radius 2 is 2.10 bits per heavy atom. The highest BCUT2D eigenvalue weighted by atomic mass is 32.1. The SMILES string of the molecule is O=C(O)c1csc(N/N=C2/CC(=O)c3ccccc32)n1. The van der Waals surface area contributed by atoms with Crippen LogP contribution in [0, 0.1) is 0 Å². The molecule has 2 aromatic rings. The number of carboxylic acid groups (broad SMARTS) is 1. The Hall–Kier alpha value is -2.54. The van der Waals surface area contributed by atoms with Gasteiger partial charge < -0.3 is 5.11 Å². The van der Waals surface area contributed by atoms with Crippen LogP contribution in [0.1, 0.15) is 32.8 Å². The van der Waals surface area contributed by atoms with E-state index in [-0.39, 0.29) is 17.9 Å². The summed E-state index contributed by atoms with van der Waals surface area (Å²) in [6.45, 7) is 0. The van der Waals surface area contributed by atoms with Crippen LogP contribution in [-0.4, -0.2) is 27.6 Å². The zero-order chi connectivity index (χ0) is 14.1. The average molecular weight is 287 g/mol. The number of carbonyl (C=O) groups excluding carboxylic acids is 1. The predicted octanol–water partition coefficient (Wildman–Crippen LogP) is 2.24. The van der Waals surface area contributed by atoms with Gasteiger partial charge in [0.05, 0.1) is 12.1 Å². The highest BCUT2D eigenvalue weighted by molar-refractivity contribution is 7.13. The Morgan fingerprint density at radius 1 is 1.35 bits per heavy atom. The van der Waals surface area contributed by atoms with Gasteiger partial charge in [0.1, 0.15) is 0 Å². The minimum absolute atomic E-state index is 0.0272. The maximum absolute atomic E-state index is 11.8. The number of hydrogen-bond donors (Lipinski definition) is 2. The summed E-state index contributed by atoms with van der Waals surface area (Å²) >= 11 is 1.15. The zero-order valence-electron chi connectivity index (χ0n) is 10.2. The number of anilines is 1. The first-order valence-corrected chi connectivity index (χ1v) is 6.67. The number of thiazole rings is 1. The number of Topliss-reactive ketones (excluding diaryl/α,β-unsaturated/α-hetero) is 1. The van der Waals surface area contributed by atoms with E-state index in [1.807, 2.05) is 18.2 Å². The van der Waals surface area contributed by atoms with Crippen molar-refractivity contribution in [3.8, 4) is 0 Å². The van der Waals surface area contributed by atoms with Crippen LogP contribution < -0.4 is 5.43 Å². The van der Waals surface area contributed by atoms with Crippen molar-refractivity contribution in [2.45, 2.75) is 6.42 Å². The Balaban J connectivity index is 1.83. The second-order valence-electron chi connectivity index (χ2n) is 4.16. The van der Waals surface area contributed by atoms with Crippen LogP contribution in [0.4, 0.5) is 5.13 Å². The lowest BCUT2D eigenvalue weighted by molar-refractivity contribution is 0.0691. The first-order chi connectivity index (χ1) is 9.65. The number of fused-ring (bicyclic) bond motifs is 1. The minimum atomic E-state index is -1.08. The molecule has 1 aromatic carbocycles. The zero-order valence-corrected chi connectivity index (χ0v) is 11.0. The molecule has 7 heteroatoms. The molecule has 1 heterocycles. The molecule has 1 aliphatic carbocycles. The maximum Gasteiger partial charge on any atom is 0.355 e. The van der Waals surface area contributed by atoms with E-state index in [4.69, 9.17) is 5.11 Å². The molecule has 0 fully saturated rings. The molecule has 100 valence electrons. The van der Waals surface area contributed by atoms with Gasteiger partial charge in [-0.3, -0.25) is 10.2 Å². The fraction of sp³-hybridized carbons (Fsp3) is 0.0769. The first-order valence-electron chi connectivity index (χ1n) is 5.79. The summed E-state index contributed by atoms with van der Waals surface area (Å²) < 4.78 is 0. The number of aromatic nitrogens is 1. The van der Waals surface area contributed by atoms with E-state index in [2.05, 4.69) is 15.5 Å². The molecule has 0 spiro atoms. The van der Waals surface area contributed by atoms with Crippen LogP contribution in [0.5, 0.6) is 0 Å². The summed E-state index contributed by atoms with van der Waals surface area (Å²) in [7, 11) is 0. The van der Waals surface area contributed by atoms with Crippen molar-refractivity contribution >= 4 is 33.9 Å². The number of benzene rings is 1. The van der Waals surface area contributed by atoms with Crippen LogP contribution in [0.2, 0.25) is 0 Å². The van der Waals surface area contributed by atoms with Crippen LogP contribution in [0.15, 0.2) is 34.7 Å². The largest absolute Gasteiger partial charge is 0.476 e. The first kappa shape index (κ1) is 12.5. The molecule has 1 aliphatic rings. The van der Waals surface area contributed by atoms with Crippen LogP contribution in [0.3, 0.4) is 0 Å². The second-order valence-corrected chi connectivity index (χ2v) is 5.02. The molecule has 0 aliphatic heterocycles. The third-order valence-corrected chi connectivity index (χ3v) is 3.62. The van der Waals surface area contributed by atoms with Gasteiger partial charge in [0, 0.05) is 16.5 Å². The van der Waals surface area contributed by atoms with Crippen molar-refractivity contribution in [2.75, 3.05) is 5.43 Å². The van der Waals surface area contributed by atoms with Gasteiger partial charge in [-0.2, -0.15) is 5.10 Å². The Kier molecular flexibility index (Phi) is 3.03. The lowest BCUT2D eigenvalue weighted by Gasteiger charge is -1.99. The number of hydrazone groups is 1. The Bertz CT molecular complexity index is 736. The van der Waals surface area contributed by atoms with Crippen molar-refractivity contribution in [3.05, 3.63) is 46.5 Å². The third-order valence-electron chi connectivity index (χ3n) is 2.88. The van der Waals surface area contributed by atoms with Crippen LogP contribution in [0.25, 0.3) is 0 Å². The molecule has 20 heavy (non-hydrogen) atoms. The van der Waals surface area contributed by atoms with Crippen molar-refractivity contribution < 1.29 is 14.7 Å². The number of aromatic carboxylic acids is 1. The van der Waals surface area contributed by atoms with Crippen molar-refractivity contribution in [1.82, 2.24) is 4.98 Å².